The molecule has 1 aliphatic rings. The Morgan fingerprint density at radius 2 is 2.27 bits per heavy atom. The van der Waals surface area contributed by atoms with Crippen LogP contribution in [0.3, 0.4) is 0 Å². The number of piperidine rings is 1. The number of rotatable bonds is 4. The van der Waals surface area contributed by atoms with Gasteiger partial charge in [-0.05, 0) is 51.0 Å². The van der Waals surface area contributed by atoms with Gasteiger partial charge in [0.25, 0.3) is 5.56 Å². The Balaban J connectivity index is 0.00000176. The number of hydrogen-bond donors (Lipinski definition) is 1. The first-order valence-corrected chi connectivity index (χ1v) is 7.60. The quantitative estimate of drug-likeness (QED) is 0.928. The summed E-state index contributed by atoms with van der Waals surface area (Å²) in [6.07, 6.45) is 4.27. The van der Waals surface area contributed by atoms with Crippen LogP contribution in [0.25, 0.3) is 5.65 Å². The summed E-state index contributed by atoms with van der Waals surface area (Å²) in [5.41, 5.74) is 1.60. The van der Waals surface area contributed by atoms with Crippen molar-refractivity contribution in [2.24, 2.45) is 5.92 Å². The van der Waals surface area contributed by atoms with Crippen LogP contribution >= 0.6 is 12.4 Å². The van der Waals surface area contributed by atoms with Crippen LogP contribution in [0.1, 0.15) is 18.5 Å². The minimum absolute atomic E-state index is 0. The minimum Gasteiger partial charge on any atom is -0.319 e. The largest absolute Gasteiger partial charge is 0.319 e. The summed E-state index contributed by atoms with van der Waals surface area (Å²) in [7, 11) is 2.00. The molecule has 0 amide bonds. The molecule has 1 N–H and O–H groups in total. The van der Waals surface area contributed by atoms with Gasteiger partial charge in [0.2, 0.25) is 0 Å². The van der Waals surface area contributed by atoms with Gasteiger partial charge in [0.15, 0.2) is 0 Å². The van der Waals surface area contributed by atoms with Crippen LogP contribution < -0.4 is 10.9 Å². The molecule has 3 heterocycles. The van der Waals surface area contributed by atoms with E-state index in [4.69, 9.17) is 0 Å². The Morgan fingerprint density at radius 1 is 1.41 bits per heavy atom. The van der Waals surface area contributed by atoms with E-state index in [9.17, 15) is 4.79 Å². The second kappa shape index (κ2) is 7.72. The molecule has 0 bridgehead atoms. The molecule has 2 aromatic heterocycles. The average molecular weight is 323 g/mol. The second-order valence-electron chi connectivity index (χ2n) is 5.82. The van der Waals surface area contributed by atoms with E-state index in [-0.39, 0.29) is 18.0 Å². The molecule has 0 aromatic carbocycles. The standard InChI is InChI=1S/C16H22N4O.ClH/c1-17-10-13-5-4-7-19(11-13)12-14-9-16(21)20-8-3-2-6-15(20)18-14;/h2-3,6,8-9,13,17H,4-5,7,10-12H2,1H3;1H. The maximum absolute atomic E-state index is 12.1. The predicted octanol–water partition coefficient (Wildman–Crippen LogP) is 1.55. The second-order valence-corrected chi connectivity index (χ2v) is 5.82. The van der Waals surface area contributed by atoms with E-state index >= 15 is 0 Å². The lowest BCUT2D eigenvalue weighted by atomic mass is 9.98. The highest BCUT2D eigenvalue weighted by Crippen LogP contribution is 2.17. The zero-order chi connectivity index (χ0) is 14.7. The zero-order valence-electron chi connectivity index (χ0n) is 12.9. The molecule has 0 radical (unpaired) electrons. The van der Waals surface area contributed by atoms with Crippen LogP contribution in [-0.2, 0) is 6.54 Å². The summed E-state index contributed by atoms with van der Waals surface area (Å²) in [6, 6.07) is 7.30. The van der Waals surface area contributed by atoms with Gasteiger partial charge in [-0.3, -0.25) is 14.1 Å². The lowest BCUT2D eigenvalue weighted by molar-refractivity contribution is 0.165. The van der Waals surface area contributed by atoms with Gasteiger partial charge in [-0.25, -0.2) is 4.98 Å². The summed E-state index contributed by atoms with van der Waals surface area (Å²) < 4.78 is 1.59. The maximum atomic E-state index is 12.1. The number of nitrogens with zero attached hydrogens (tertiary/aromatic N) is 3. The van der Waals surface area contributed by atoms with Crippen molar-refractivity contribution in [3.05, 3.63) is 46.5 Å². The highest BCUT2D eigenvalue weighted by Gasteiger charge is 2.19. The van der Waals surface area contributed by atoms with Crippen LogP contribution in [0.4, 0.5) is 0 Å². The van der Waals surface area contributed by atoms with Gasteiger partial charge < -0.3 is 5.32 Å². The fourth-order valence-corrected chi connectivity index (χ4v) is 3.16. The van der Waals surface area contributed by atoms with Crippen LogP contribution in [0, 0.1) is 5.92 Å². The van der Waals surface area contributed by atoms with Crippen molar-refractivity contribution in [1.82, 2.24) is 19.6 Å². The third kappa shape index (κ3) is 3.85. The Kier molecular flexibility index (Phi) is 5.94. The van der Waals surface area contributed by atoms with Gasteiger partial charge in [0.05, 0.1) is 5.69 Å². The molecule has 0 spiro atoms. The van der Waals surface area contributed by atoms with Crippen molar-refractivity contribution >= 4 is 18.1 Å². The molecule has 1 unspecified atom stereocenters. The lowest BCUT2D eigenvalue weighted by Gasteiger charge is -2.32. The third-order valence-corrected chi connectivity index (χ3v) is 4.11. The smallest absolute Gasteiger partial charge is 0.258 e. The molecule has 0 aliphatic carbocycles. The van der Waals surface area contributed by atoms with E-state index < -0.39 is 0 Å². The first-order chi connectivity index (χ1) is 10.3. The Hall–Kier alpha value is -1.43. The fourth-order valence-electron chi connectivity index (χ4n) is 3.16. The number of halogens is 1. The van der Waals surface area contributed by atoms with E-state index in [1.165, 1.54) is 12.8 Å². The first kappa shape index (κ1) is 16.9. The Morgan fingerprint density at radius 3 is 3.09 bits per heavy atom. The number of likely N-dealkylation sites (tertiary alicyclic amines) is 1. The van der Waals surface area contributed by atoms with E-state index in [0.29, 0.717) is 5.92 Å². The van der Waals surface area contributed by atoms with Gasteiger partial charge in [-0.15, -0.1) is 12.4 Å². The van der Waals surface area contributed by atoms with Crippen molar-refractivity contribution in [1.29, 1.82) is 0 Å². The monoisotopic (exact) mass is 322 g/mol. The topological polar surface area (TPSA) is 49.6 Å². The molecule has 6 heteroatoms. The molecule has 2 aromatic rings. The SMILES string of the molecule is CNCC1CCCN(Cc2cc(=O)n3ccccc3n2)C1.Cl. The highest BCUT2D eigenvalue weighted by atomic mass is 35.5. The van der Waals surface area contributed by atoms with Crippen molar-refractivity contribution in [2.45, 2.75) is 19.4 Å². The normalized spacial score (nSPS) is 19.0. The van der Waals surface area contributed by atoms with Crippen LogP contribution in [0.5, 0.6) is 0 Å². The van der Waals surface area contributed by atoms with Crippen LogP contribution in [0.2, 0.25) is 0 Å². The molecule has 120 valence electrons. The Labute approximate surface area is 136 Å². The molecule has 1 saturated heterocycles. The minimum atomic E-state index is -0.000570. The summed E-state index contributed by atoms with van der Waals surface area (Å²) >= 11 is 0. The summed E-state index contributed by atoms with van der Waals surface area (Å²) in [6.45, 7) is 4.00. The van der Waals surface area contributed by atoms with Gasteiger partial charge >= 0.3 is 0 Å². The number of pyridine rings is 1. The molecule has 3 rings (SSSR count). The summed E-state index contributed by atoms with van der Waals surface area (Å²) in [5.74, 6) is 0.699. The van der Waals surface area contributed by atoms with Gasteiger partial charge in [0.1, 0.15) is 5.65 Å². The van der Waals surface area contributed by atoms with Crippen LogP contribution in [0.15, 0.2) is 35.3 Å². The Bertz CT molecular complexity index is 670. The van der Waals surface area contributed by atoms with Crippen LogP contribution in [-0.4, -0.2) is 41.0 Å². The van der Waals surface area contributed by atoms with E-state index in [1.54, 1.807) is 16.7 Å². The first-order valence-electron chi connectivity index (χ1n) is 7.60. The number of hydrogen-bond acceptors (Lipinski definition) is 4. The maximum Gasteiger partial charge on any atom is 0.258 e. The molecule has 22 heavy (non-hydrogen) atoms. The van der Waals surface area contributed by atoms with Crippen molar-refractivity contribution in [2.75, 3.05) is 26.7 Å². The average Bonchev–Trinajstić information content (AvgIpc) is 2.48. The predicted molar refractivity (Wildman–Crippen MR) is 90.6 cm³/mol. The molecule has 1 fully saturated rings. The molecule has 1 atom stereocenters. The molecule has 5 nitrogen and oxygen atoms in total. The number of nitrogens with one attached hydrogen (secondary N) is 1. The van der Waals surface area contributed by atoms with E-state index in [2.05, 4.69) is 15.2 Å². The molecular weight excluding hydrogens is 300 g/mol. The van der Waals surface area contributed by atoms with E-state index in [0.717, 1.165) is 37.5 Å². The van der Waals surface area contributed by atoms with Crippen molar-refractivity contribution in [3.63, 3.8) is 0 Å². The zero-order valence-corrected chi connectivity index (χ0v) is 13.7. The van der Waals surface area contributed by atoms with Crippen molar-refractivity contribution < 1.29 is 0 Å². The molecule has 0 saturated carbocycles. The van der Waals surface area contributed by atoms with Gasteiger partial charge in [-0.1, -0.05) is 6.07 Å². The molecular formula is C16H23ClN4O. The summed E-state index contributed by atoms with van der Waals surface area (Å²) in [4.78, 5) is 19.1. The number of aromatic nitrogens is 2. The number of fused-ring (bicyclic) bond motifs is 1. The van der Waals surface area contributed by atoms with E-state index in [1.807, 2.05) is 25.2 Å². The third-order valence-electron chi connectivity index (χ3n) is 4.11. The van der Waals surface area contributed by atoms with Gasteiger partial charge in [-0.2, -0.15) is 0 Å². The van der Waals surface area contributed by atoms with Crippen molar-refractivity contribution in [3.8, 4) is 0 Å². The fraction of sp³-hybridized carbons (Fsp3) is 0.500. The summed E-state index contributed by atoms with van der Waals surface area (Å²) in [5, 5.41) is 3.26. The molecule has 1 aliphatic heterocycles. The lowest BCUT2D eigenvalue weighted by Crippen LogP contribution is -2.39. The highest BCUT2D eigenvalue weighted by molar-refractivity contribution is 5.85. The van der Waals surface area contributed by atoms with Gasteiger partial charge in [0, 0.05) is 25.4 Å².